The number of hydrogen-bond donors (Lipinski definition) is 1. The first-order valence-corrected chi connectivity index (χ1v) is 10.8. The van der Waals surface area contributed by atoms with E-state index in [0.29, 0.717) is 18.3 Å². The number of benzene rings is 2. The van der Waals surface area contributed by atoms with Gasteiger partial charge in [0.05, 0.1) is 10.2 Å². The minimum absolute atomic E-state index is 0.217. The number of phenols is 1. The first-order valence-electron chi connectivity index (χ1n) is 9.98. The van der Waals surface area contributed by atoms with Gasteiger partial charge < -0.3 is 9.84 Å². The summed E-state index contributed by atoms with van der Waals surface area (Å²) in [4.78, 5) is 7.22. The van der Waals surface area contributed by atoms with Gasteiger partial charge in [-0.05, 0) is 49.4 Å². The fourth-order valence-corrected chi connectivity index (χ4v) is 5.17. The molecule has 4 nitrogen and oxygen atoms in total. The molecular weight excluding hydrogens is 368 g/mol. The standard InChI is InChI=1S/C23H24N2O2S/c26-20-13-17(23-24-19-8-4-5-9-21(19)28-23)12-18-15-25(10-11-27-22(18)20)14-16-6-2-1-3-7-16/h1-2,4-5,8-9,12-13,16,26H,3,6-7,10-11,14-15H2/t16-/m0/s1. The third kappa shape index (κ3) is 3.52. The summed E-state index contributed by atoms with van der Waals surface area (Å²) in [5.74, 6) is 1.57. The van der Waals surface area contributed by atoms with Crippen LogP contribution < -0.4 is 4.74 Å². The quantitative estimate of drug-likeness (QED) is 0.621. The van der Waals surface area contributed by atoms with Crippen LogP contribution in [0.4, 0.5) is 0 Å². The van der Waals surface area contributed by atoms with E-state index in [1.165, 1.54) is 19.3 Å². The Kier molecular flexibility index (Phi) is 4.79. The van der Waals surface area contributed by atoms with Crippen molar-refractivity contribution in [2.24, 2.45) is 5.92 Å². The van der Waals surface area contributed by atoms with Gasteiger partial charge >= 0.3 is 0 Å². The van der Waals surface area contributed by atoms with E-state index < -0.39 is 0 Å². The minimum Gasteiger partial charge on any atom is -0.504 e. The van der Waals surface area contributed by atoms with E-state index >= 15 is 0 Å². The summed E-state index contributed by atoms with van der Waals surface area (Å²) in [5, 5.41) is 11.6. The van der Waals surface area contributed by atoms with Crippen molar-refractivity contribution >= 4 is 21.6 Å². The maximum atomic E-state index is 10.6. The maximum Gasteiger partial charge on any atom is 0.165 e. The van der Waals surface area contributed by atoms with Crippen LogP contribution in [0.25, 0.3) is 20.8 Å². The summed E-state index contributed by atoms with van der Waals surface area (Å²) in [5.41, 5.74) is 3.02. The molecule has 1 aliphatic heterocycles. The number of rotatable bonds is 3. The average molecular weight is 393 g/mol. The number of aromatic nitrogens is 1. The van der Waals surface area contributed by atoms with Crippen molar-refractivity contribution in [1.29, 1.82) is 0 Å². The molecule has 0 bridgehead atoms. The Morgan fingerprint density at radius 1 is 1.21 bits per heavy atom. The highest BCUT2D eigenvalue weighted by Crippen LogP contribution is 2.39. The lowest BCUT2D eigenvalue weighted by molar-refractivity contribution is 0.192. The second-order valence-corrected chi connectivity index (χ2v) is 8.74. The molecule has 0 unspecified atom stereocenters. The SMILES string of the molecule is Oc1cc(-c2nc3ccccc3s2)cc2c1OCCN(C[C@H]1CC=CCC1)C2. The molecule has 0 radical (unpaired) electrons. The number of hydrogen-bond acceptors (Lipinski definition) is 5. The first kappa shape index (κ1) is 17.7. The van der Waals surface area contributed by atoms with Gasteiger partial charge in [0.25, 0.3) is 0 Å². The Hall–Kier alpha value is -2.37. The molecule has 0 amide bonds. The lowest BCUT2D eigenvalue weighted by atomic mass is 9.94. The molecule has 0 fully saturated rings. The van der Waals surface area contributed by atoms with Crippen LogP contribution in [0.3, 0.4) is 0 Å². The van der Waals surface area contributed by atoms with Crippen molar-refractivity contribution in [1.82, 2.24) is 9.88 Å². The molecule has 1 N–H and O–H groups in total. The number of ether oxygens (including phenoxy) is 1. The number of thiazole rings is 1. The monoisotopic (exact) mass is 392 g/mol. The maximum absolute atomic E-state index is 10.6. The molecule has 1 aliphatic carbocycles. The number of fused-ring (bicyclic) bond motifs is 2. The van der Waals surface area contributed by atoms with E-state index in [9.17, 15) is 5.11 Å². The van der Waals surface area contributed by atoms with Crippen LogP contribution in [0.2, 0.25) is 0 Å². The van der Waals surface area contributed by atoms with Crippen molar-refractivity contribution in [2.45, 2.75) is 25.8 Å². The zero-order chi connectivity index (χ0) is 18.9. The Labute approximate surface area is 169 Å². The number of aromatic hydroxyl groups is 1. The summed E-state index contributed by atoms with van der Waals surface area (Å²) in [6.07, 6.45) is 8.22. The average Bonchev–Trinajstić information content (AvgIpc) is 3.04. The number of nitrogens with zero attached hydrogens (tertiary/aromatic N) is 2. The third-order valence-corrected chi connectivity index (χ3v) is 6.71. The van der Waals surface area contributed by atoms with E-state index in [0.717, 1.165) is 46.0 Å². The van der Waals surface area contributed by atoms with Gasteiger partial charge in [-0.25, -0.2) is 4.98 Å². The molecule has 5 heteroatoms. The molecule has 2 heterocycles. The molecule has 3 aromatic rings. The summed E-state index contributed by atoms with van der Waals surface area (Å²) < 4.78 is 7.09. The van der Waals surface area contributed by atoms with Crippen LogP contribution in [0.15, 0.2) is 48.6 Å². The van der Waals surface area contributed by atoms with Gasteiger partial charge in [-0.2, -0.15) is 0 Å². The zero-order valence-corrected chi connectivity index (χ0v) is 16.6. The largest absolute Gasteiger partial charge is 0.504 e. The fourth-order valence-electron chi connectivity index (χ4n) is 4.22. The van der Waals surface area contributed by atoms with Crippen molar-refractivity contribution in [3.05, 3.63) is 54.1 Å². The smallest absolute Gasteiger partial charge is 0.165 e. The molecule has 5 rings (SSSR count). The highest BCUT2D eigenvalue weighted by Gasteiger charge is 2.23. The molecular formula is C23H24N2O2S. The van der Waals surface area contributed by atoms with Gasteiger partial charge in [0, 0.05) is 30.8 Å². The second-order valence-electron chi connectivity index (χ2n) is 7.70. The van der Waals surface area contributed by atoms with Crippen LogP contribution in [-0.4, -0.2) is 34.7 Å². The van der Waals surface area contributed by atoms with Crippen LogP contribution in [0.1, 0.15) is 24.8 Å². The summed E-state index contributed by atoms with van der Waals surface area (Å²) >= 11 is 1.66. The second kappa shape index (κ2) is 7.57. The molecule has 1 atom stereocenters. The third-order valence-electron chi connectivity index (χ3n) is 5.63. The van der Waals surface area contributed by atoms with E-state index in [2.05, 4.69) is 29.2 Å². The predicted molar refractivity (Wildman–Crippen MR) is 114 cm³/mol. The van der Waals surface area contributed by atoms with Crippen molar-refractivity contribution in [2.75, 3.05) is 19.7 Å². The molecule has 0 saturated heterocycles. The van der Waals surface area contributed by atoms with Crippen molar-refractivity contribution < 1.29 is 9.84 Å². The van der Waals surface area contributed by atoms with Gasteiger partial charge in [-0.3, -0.25) is 4.90 Å². The van der Waals surface area contributed by atoms with Gasteiger partial charge in [-0.1, -0.05) is 24.3 Å². The molecule has 28 heavy (non-hydrogen) atoms. The topological polar surface area (TPSA) is 45.6 Å². The summed E-state index contributed by atoms with van der Waals surface area (Å²) in [7, 11) is 0. The highest BCUT2D eigenvalue weighted by atomic mass is 32.1. The van der Waals surface area contributed by atoms with E-state index in [1.54, 1.807) is 17.4 Å². The molecule has 2 aliphatic rings. The van der Waals surface area contributed by atoms with Crippen molar-refractivity contribution in [3.8, 4) is 22.1 Å². The normalized spacial score (nSPS) is 19.9. The first-order chi connectivity index (χ1) is 13.8. The number of para-hydroxylation sites is 1. The van der Waals surface area contributed by atoms with Gasteiger partial charge in [0.1, 0.15) is 11.6 Å². The Morgan fingerprint density at radius 3 is 3.00 bits per heavy atom. The zero-order valence-electron chi connectivity index (χ0n) is 15.8. The lowest BCUT2D eigenvalue weighted by Gasteiger charge is -2.26. The summed E-state index contributed by atoms with van der Waals surface area (Å²) in [6.45, 7) is 3.40. The molecule has 0 spiro atoms. The van der Waals surface area contributed by atoms with Crippen LogP contribution in [0.5, 0.6) is 11.5 Å². The van der Waals surface area contributed by atoms with Crippen LogP contribution in [0, 0.1) is 5.92 Å². The number of phenolic OH excluding ortho intramolecular Hbond substituents is 1. The Morgan fingerprint density at radius 2 is 2.14 bits per heavy atom. The lowest BCUT2D eigenvalue weighted by Crippen LogP contribution is -2.31. The number of allylic oxidation sites excluding steroid dienone is 2. The minimum atomic E-state index is 0.217. The Bertz CT molecular complexity index is 994. The Balaban J connectivity index is 1.45. The van der Waals surface area contributed by atoms with Crippen LogP contribution >= 0.6 is 11.3 Å². The van der Waals surface area contributed by atoms with E-state index in [1.807, 2.05) is 18.2 Å². The van der Waals surface area contributed by atoms with Gasteiger partial charge in [0.2, 0.25) is 0 Å². The molecule has 1 aromatic heterocycles. The van der Waals surface area contributed by atoms with Gasteiger partial charge in [0.15, 0.2) is 11.5 Å². The highest BCUT2D eigenvalue weighted by molar-refractivity contribution is 7.21. The molecule has 0 saturated carbocycles. The van der Waals surface area contributed by atoms with Gasteiger partial charge in [-0.15, -0.1) is 11.3 Å². The predicted octanol–water partition coefficient (Wildman–Crippen LogP) is 5.22. The van der Waals surface area contributed by atoms with E-state index in [4.69, 9.17) is 9.72 Å². The molecule has 2 aromatic carbocycles. The summed E-state index contributed by atoms with van der Waals surface area (Å²) in [6, 6.07) is 12.1. The van der Waals surface area contributed by atoms with Crippen molar-refractivity contribution in [3.63, 3.8) is 0 Å². The molecule has 144 valence electrons. The fraction of sp³-hybridized carbons (Fsp3) is 0.348. The van der Waals surface area contributed by atoms with Crippen LogP contribution in [-0.2, 0) is 6.54 Å². The van der Waals surface area contributed by atoms with E-state index in [-0.39, 0.29) is 5.75 Å².